The molecule has 0 spiro atoms. The minimum Gasteiger partial charge on any atom is -0.497 e. The minimum absolute atomic E-state index is 0.0415. The van der Waals surface area contributed by atoms with E-state index in [4.69, 9.17) is 4.74 Å². The number of fused-ring (bicyclic) bond motifs is 1. The van der Waals surface area contributed by atoms with Crippen LogP contribution in [0.3, 0.4) is 0 Å². The van der Waals surface area contributed by atoms with Gasteiger partial charge in [0, 0.05) is 28.9 Å². The van der Waals surface area contributed by atoms with E-state index in [0.29, 0.717) is 28.7 Å². The van der Waals surface area contributed by atoms with Crippen LogP contribution in [0.2, 0.25) is 0 Å². The lowest BCUT2D eigenvalue weighted by atomic mass is 10.0. The standard InChI is InChI=1S/C24H22N4O3/c1-14-19(23(29)26-17-9-6-10-18(13-17)31-2)24(30)28-22(25-14)20(15-7-4-3-5-8-15)21(27-28)16-11-12-16/h3-10,13,16,25H,11-12H2,1-2H3,(H,26,29). The molecule has 2 aromatic carbocycles. The summed E-state index contributed by atoms with van der Waals surface area (Å²) < 4.78 is 6.54. The van der Waals surface area contributed by atoms with Gasteiger partial charge in [-0.25, -0.2) is 0 Å². The van der Waals surface area contributed by atoms with E-state index in [1.165, 1.54) is 4.52 Å². The number of aromatic nitrogens is 3. The summed E-state index contributed by atoms with van der Waals surface area (Å²) >= 11 is 0. The Labute approximate surface area is 178 Å². The second kappa shape index (κ2) is 7.43. The smallest absolute Gasteiger partial charge is 0.287 e. The van der Waals surface area contributed by atoms with Gasteiger partial charge in [-0.15, -0.1) is 0 Å². The number of nitrogens with one attached hydrogen (secondary N) is 2. The Morgan fingerprint density at radius 3 is 2.65 bits per heavy atom. The first-order valence-corrected chi connectivity index (χ1v) is 10.2. The summed E-state index contributed by atoms with van der Waals surface area (Å²) in [7, 11) is 1.56. The number of aromatic amines is 1. The predicted molar refractivity (Wildman–Crippen MR) is 119 cm³/mol. The van der Waals surface area contributed by atoms with Crippen molar-refractivity contribution in [3.63, 3.8) is 0 Å². The van der Waals surface area contributed by atoms with E-state index in [1.54, 1.807) is 38.3 Å². The van der Waals surface area contributed by atoms with Crippen LogP contribution in [0.15, 0.2) is 59.4 Å². The molecule has 0 aliphatic heterocycles. The van der Waals surface area contributed by atoms with Gasteiger partial charge in [-0.3, -0.25) is 9.59 Å². The number of H-pyrrole nitrogens is 1. The molecule has 156 valence electrons. The molecule has 0 bridgehead atoms. The number of amides is 1. The van der Waals surface area contributed by atoms with Crippen molar-refractivity contribution >= 4 is 17.2 Å². The maximum atomic E-state index is 13.3. The van der Waals surface area contributed by atoms with Crippen LogP contribution in [-0.4, -0.2) is 27.6 Å². The molecule has 1 aliphatic carbocycles. The molecule has 0 radical (unpaired) electrons. The maximum absolute atomic E-state index is 13.3. The Morgan fingerprint density at radius 2 is 1.94 bits per heavy atom. The van der Waals surface area contributed by atoms with E-state index in [0.717, 1.165) is 29.7 Å². The van der Waals surface area contributed by atoms with Crippen molar-refractivity contribution in [3.8, 4) is 16.9 Å². The van der Waals surface area contributed by atoms with Crippen molar-refractivity contribution in [3.05, 3.63) is 81.9 Å². The topological polar surface area (TPSA) is 88.5 Å². The molecule has 5 rings (SSSR count). The summed E-state index contributed by atoms with van der Waals surface area (Å²) in [6.45, 7) is 1.74. The third kappa shape index (κ3) is 3.38. The lowest BCUT2D eigenvalue weighted by Crippen LogP contribution is -2.29. The summed E-state index contributed by atoms with van der Waals surface area (Å²) in [5.74, 6) is 0.475. The van der Waals surface area contributed by atoms with Gasteiger partial charge in [0.05, 0.1) is 12.8 Å². The first-order valence-electron chi connectivity index (χ1n) is 10.2. The fraction of sp³-hybridized carbons (Fsp3) is 0.208. The van der Waals surface area contributed by atoms with E-state index >= 15 is 0 Å². The molecule has 0 atom stereocenters. The highest BCUT2D eigenvalue weighted by Gasteiger charge is 2.32. The van der Waals surface area contributed by atoms with Crippen LogP contribution < -0.4 is 15.6 Å². The number of hydrogen-bond donors (Lipinski definition) is 2. The fourth-order valence-electron chi connectivity index (χ4n) is 3.90. The molecular weight excluding hydrogens is 392 g/mol. The molecule has 0 saturated heterocycles. The zero-order valence-electron chi connectivity index (χ0n) is 17.3. The lowest BCUT2D eigenvalue weighted by Gasteiger charge is -2.09. The zero-order valence-corrected chi connectivity index (χ0v) is 17.3. The summed E-state index contributed by atoms with van der Waals surface area (Å²) in [5, 5.41) is 7.43. The summed E-state index contributed by atoms with van der Waals surface area (Å²) in [4.78, 5) is 29.6. The third-order valence-corrected chi connectivity index (χ3v) is 5.58. The number of nitrogens with zero attached hydrogens (tertiary/aromatic N) is 2. The van der Waals surface area contributed by atoms with E-state index in [1.807, 2.05) is 30.3 Å². The molecule has 1 saturated carbocycles. The molecule has 1 amide bonds. The van der Waals surface area contributed by atoms with Gasteiger partial charge >= 0.3 is 0 Å². The van der Waals surface area contributed by atoms with E-state index in [2.05, 4.69) is 15.4 Å². The number of ether oxygens (including phenoxy) is 1. The fourth-order valence-corrected chi connectivity index (χ4v) is 3.90. The van der Waals surface area contributed by atoms with Crippen molar-refractivity contribution in [2.75, 3.05) is 12.4 Å². The van der Waals surface area contributed by atoms with E-state index in [9.17, 15) is 9.59 Å². The van der Waals surface area contributed by atoms with Crippen LogP contribution in [0.25, 0.3) is 16.8 Å². The van der Waals surface area contributed by atoms with Crippen molar-refractivity contribution in [1.29, 1.82) is 0 Å². The van der Waals surface area contributed by atoms with Crippen molar-refractivity contribution in [2.45, 2.75) is 25.7 Å². The Kier molecular flexibility index (Phi) is 4.58. The second-order valence-corrected chi connectivity index (χ2v) is 7.78. The number of anilines is 1. The SMILES string of the molecule is COc1cccc(NC(=O)c2c(C)[nH]c3c(-c4ccccc4)c(C4CC4)nn3c2=O)c1. The van der Waals surface area contributed by atoms with Gasteiger partial charge < -0.3 is 15.0 Å². The van der Waals surface area contributed by atoms with Crippen molar-refractivity contribution in [2.24, 2.45) is 0 Å². The zero-order chi connectivity index (χ0) is 21.5. The van der Waals surface area contributed by atoms with Crippen LogP contribution in [0, 0.1) is 6.92 Å². The lowest BCUT2D eigenvalue weighted by molar-refractivity contribution is 0.102. The highest BCUT2D eigenvalue weighted by atomic mass is 16.5. The van der Waals surface area contributed by atoms with Crippen LogP contribution in [-0.2, 0) is 0 Å². The first-order chi connectivity index (χ1) is 15.1. The molecule has 2 heterocycles. The maximum Gasteiger partial charge on any atom is 0.287 e. The first kappa shape index (κ1) is 19.1. The van der Waals surface area contributed by atoms with Crippen molar-refractivity contribution < 1.29 is 9.53 Å². The van der Waals surface area contributed by atoms with Crippen LogP contribution in [0.1, 0.15) is 40.5 Å². The highest BCUT2D eigenvalue weighted by Crippen LogP contribution is 2.44. The molecule has 1 fully saturated rings. The largest absolute Gasteiger partial charge is 0.497 e. The summed E-state index contributed by atoms with van der Waals surface area (Å²) in [6, 6.07) is 16.9. The summed E-state index contributed by atoms with van der Waals surface area (Å²) in [6.07, 6.45) is 2.11. The number of carbonyl (C=O) groups is 1. The number of aryl methyl sites for hydroxylation is 1. The average molecular weight is 414 g/mol. The number of benzene rings is 2. The normalized spacial score (nSPS) is 13.4. The molecule has 1 aliphatic rings. The van der Waals surface area contributed by atoms with E-state index in [-0.39, 0.29) is 5.56 Å². The molecule has 4 aromatic rings. The number of carbonyl (C=O) groups excluding carboxylic acids is 1. The van der Waals surface area contributed by atoms with Crippen LogP contribution in [0.5, 0.6) is 5.75 Å². The Morgan fingerprint density at radius 1 is 1.16 bits per heavy atom. The van der Waals surface area contributed by atoms with Gasteiger partial charge in [-0.1, -0.05) is 36.4 Å². The Hall–Kier alpha value is -3.87. The minimum atomic E-state index is -0.487. The summed E-state index contributed by atoms with van der Waals surface area (Å²) in [5.41, 5.74) is 4.11. The van der Waals surface area contributed by atoms with E-state index < -0.39 is 11.5 Å². The third-order valence-electron chi connectivity index (χ3n) is 5.58. The Bertz CT molecular complexity index is 1350. The predicted octanol–water partition coefficient (Wildman–Crippen LogP) is 4.14. The molecule has 31 heavy (non-hydrogen) atoms. The average Bonchev–Trinajstić information content (AvgIpc) is 3.55. The monoisotopic (exact) mass is 414 g/mol. The number of hydrogen-bond acceptors (Lipinski definition) is 4. The van der Waals surface area contributed by atoms with Gasteiger partial charge in [0.2, 0.25) is 0 Å². The van der Waals surface area contributed by atoms with Gasteiger partial charge in [0.1, 0.15) is 17.0 Å². The van der Waals surface area contributed by atoms with Crippen molar-refractivity contribution in [1.82, 2.24) is 14.6 Å². The Balaban J connectivity index is 1.62. The quantitative estimate of drug-likeness (QED) is 0.514. The van der Waals surface area contributed by atoms with Crippen LogP contribution in [0.4, 0.5) is 5.69 Å². The van der Waals surface area contributed by atoms with Gasteiger partial charge in [0.25, 0.3) is 11.5 Å². The number of methoxy groups -OCH3 is 1. The molecule has 2 N–H and O–H groups in total. The number of rotatable bonds is 5. The molecular formula is C24H22N4O3. The van der Waals surface area contributed by atoms with Gasteiger partial charge in [-0.05, 0) is 37.5 Å². The molecule has 7 nitrogen and oxygen atoms in total. The second-order valence-electron chi connectivity index (χ2n) is 7.78. The van der Waals surface area contributed by atoms with Gasteiger partial charge in [-0.2, -0.15) is 9.61 Å². The van der Waals surface area contributed by atoms with Gasteiger partial charge in [0.15, 0.2) is 0 Å². The molecule has 7 heteroatoms. The molecule has 0 unspecified atom stereocenters. The van der Waals surface area contributed by atoms with Crippen LogP contribution >= 0.6 is 0 Å². The molecule has 2 aromatic heterocycles. The highest BCUT2D eigenvalue weighted by molar-refractivity contribution is 6.05.